The van der Waals surface area contributed by atoms with Gasteiger partial charge >= 0.3 is 5.97 Å². The van der Waals surface area contributed by atoms with E-state index in [1.807, 2.05) is 18.2 Å². The summed E-state index contributed by atoms with van der Waals surface area (Å²) in [5.74, 6) is -0.786. The molecule has 1 N–H and O–H groups in total. The number of rotatable bonds is 5. The van der Waals surface area contributed by atoms with Gasteiger partial charge in [-0.3, -0.25) is 9.69 Å². The molecule has 4 heteroatoms. The van der Waals surface area contributed by atoms with Crippen molar-refractivity contribution in [3.8, 4) is 0 Å². The molecular weight excluding hydrogens is 270 g/mol. The van der Waals surface area contributed by atoms with E-state index in [1.165, 1.54) is 0 Å². The summed E-state index contributed by atoms with van der Waals surface area (Å²) in [4.78, 5) is 12.6. The molecule has 0 aliphatic heterocycles. The van der Waals surface area contributed by atoms with Crippen LogP contribution in [0.3, 0.4) is 0 Å². The van der Waals surface area contributed by atoms with Crippen LogP contribution >= 0.6 is 13.5 Å². The summed E-state index contributed by atoms with van der Waals surface area (Å²) >= 11 is 0. The predicted molar refractivity (Wildman–Crippen MR) is 90.8 cm³/mol. The summed E-state index contributed by atoms with van der Waals surface area (Å²) in [5, 5.41) is 8.37. The lowest BCUT2D eigenvalue weighted by Gasteiger charge is -2.28. The number of hydrogen-bond acceptors (Lipinski definition) is 2. The van der Waals surface area contributed by atoms with E-state index in [2.05, 4.69) is 39.5 Å². The van der Waals surface area contributed by atoms with Gasteiger partial charge in [-0.2, -0.15) is 13.5 Å². The lowest BCUT2D eigenvalue weighted by Crippen LogP contribution is -2.36. The average Bonchev–Trinajstić information content (AvgIpc) is 2.30. The molecule has 0 heterocycles. The number of carbonyl (C=O) groups is 1. The van der Waals surface area contributed by atoms with Crippen molar-refractivity contribution >= 4 is 19.5 Å². The van der Waals surface area contributed by atoms with Crippen molar-refractivity contribution in [2.45, 2.75) is 53.1 Å². The van der Waals surface area contributed by atoms with Crippen LogP contribution in [0, 0.1) is 0 Å². The van der Waals surface area contributed by atoms with Crippen molar-refractivity contribution < 1.29 is 9.90 Å². The average molecular weight is 299 g/mol. The zero-order chi connectivity index (χ0) is 14.8. The van der Waals surface area contributed by atoms with Crippen LogP contribution in [0.1, 0.15) is 40.2 Å². The summed E-state index contributed by atoms with van der Waals surface area (Å²) in [6.07, 6.45) is 0.112. The van der Waals surface area contributed by atoms with Gasteiger partial charge < -0.3 is 5.11 Å². The van der Waals surface area contributed by atoms with E-state index in [1.54, 1.807) is 12.1 Å². The predicted octanol–water partition coefficient (Wildman–Crippen LogP) is 3.55. The molecule has 0 atom stereocenters. The number of aliphatic carboxylic acids is 1. The van der Waals surface area contributed by atoms with Gasteiger partial charge in [-0.1, -0.05) is 37.3 Å². The molecule has 0 spiro atoms. The van der Waals surface area contributed by atoms with Crippen molar-refractivity contribution in [1.82, 2.24) is 4.90 Å². The zero-order valence-corrected chi connectivity index (χ0v) is 14.3. The Hall–Kier alpha value is -1.00. The van der Waals surface area contributed by atoms with E-state index in [4.69, 9.17) is 5.11 Å². The van der Waals surface area contributed by atoms with Crippen LogP contribution < -0.4 is 0 Å². The molecule has 1 aromatic carbocycles. The summed E-state index contributed by atoms with van der Waals surface area (Å²) < 4.78 is 0. The van der Waals surface area contributed by atoms with Crippen LogP contribution in [-0.2, 0) is 11.2 Å². The Kier molecular flexibility index (Phi) is 12.6. The van der Waals surface area contributed by atoms with E-state index in [0.29, 0.717) is 12.1 Å². The fraction of sp³-hybridized carbons (Fsp3) is 0.562. The second-order valence-corrected chi connectivity index (χ2v) is 5.07. The smallest absolute Gasteiger partial charge is 0.307 e. The summed E-state index contributed by atoms with van der Waals surface area (Å²) in [6.45, 7) is 12.3. The van der Waals surface area contributed by atoms with Gasteiger partial charge in [0, 0.05) is 12.1 Å². The molecule has 116 valence electrons. The van der Waals surface area contributed by atoms with Crippen LogP contribution in [0.5, 0.6) is 0 Å². The lowest BCUT2D eigenvalue weighted by molar-refractivity contribution is -0.136. The number of carboxylic acids is 1. The molecule has 0 aliphatic carbocycles. The maximum atomic E-state index is 10.2. The quantitative estimate of drug-likeness (QED) is 0.904. The van der Waals surface area contributed by atoms with Gasteiger partial charge in [-0.25, -0.2) is 0 Å². The van der Waals surface area contributed by atoms with Crippen LogP contribution in [0.2, 0.25) is 0 Å². The van der Waals surface area contributed by atoms with Crippen molar-refractivity contribution in [2.24, 2.45) is 0 Å². The van der Waals surface area contributed by atoms with Crippen LogP contribution in [0.25, 0.3) is 0 Å². The highest BCUT2D eigenvalue weighted by atomic mass is 32.1. The van der Waals surface area contributed by atoms with Crippen LogP contribution in [0.15, 0.2) is 30.3 Å². The molecule has 0 unspecified atom stereocenters. The SMILES string of the molecule is CCN(C(C)C)C(C)C.O=C(O)Cc1ccccc1.S. The first-order valence-corrected chi connectivity index (χ1v) is 6.89. The van der Waals surface area contributed by atoms with E-state index in [9.17, 15) is 4.79 Å². The number of carboxylic acid groups (broad SMARTS) is 1. The Labute approximate surface area is 130 Å². The first-order valence-electron chi connectivity index (χ1n) is 6.89. The molecule has 1 aromatic rings. The molecule has 0 bridgehead atoms. The van der Waals surface area contributed by atoms with Gasteiger partial charge in [-0.05, 0) is 39.8 Å². The highest BCUT2D eigenvalue weighted by Crippen LogP contribution is 2.02. The second-order valence-electron chi connectivity index (χ2n) is 5.07. The fourth-order valence-corrected chi connectivity index (χ4v) is 2.10. The minimum absolute atomic E-state index is 0. The standard InChI is InChI=1S/C8H19N.C8H8O2.H2S/c1-6-9(7(2)3)8(4)5;9-8(10)6-7-4-2-1-3-5-7;/h7-8H,6H2,1-5H3;1-5H,6H2,(H,9,10);1H2. The van der Waals surface area contributed by atoms with E-state index in [0.717, 1.165) is 12.1 Å². The van der Waals surface area contributed by atoms with Crippen molar-refractivity contribution in [2.75, 3.05) is 6.54 Å². The topological polar surface area (TPSA) is 40.5 Å². The molecular formula is C16H29NO2S. The van der Waals surface area contributed by atoms with Gasteiger partial charge in [0.05, 0.1) is 6.42 Å². The van der Waals surface area contributed by atoms with Gasteiger partial charge in [0.2, 0.25) is 0 Å². The Balaban J connectivity index is 0. The maximum Gasteiger partial charge on any atom is 0.307 e. The lowest BCUT2D eigenvalue weighted by atomic mass is 10.2. The summed E-state index contributed by atoms with van der Waals surface area (Å²) in [5.41, 5.74) is 0.843. The maximum absolute atomic E-state index is 10.2. The molecule has 1 rings (SSSR count). The summed E-state index contributed by atoms with van der Waals surface area (Å²) in [7, 11) is 0. The normalized spacial score (nSPS) is 10.0. The third kappa shape index (κ3) is 9.87. The van der Waals surface area contributed by atoms with Gasteiger partial charge in [0.15, 0.2) is 0 Å². The van der Waals surface area contributed by atoms with E-state index < -0.39 is 5.97 Å². The minimum Gasteiger partial charge on any atom is -0.481 e. The molecule has 0 saturated carbocycles. The molecule has 0 aromatic heterocycles. The van der Waals surface area contributed by atoms with E-state index >= 15 is 0 Å². The van der Waals surface area contributed by atoms with Gasteiger partial charge in [0.1, 0.15) is 0 Å². The van der Waals surface area contributed by atoms with Gasteiger partial charge in [0.25, 0.3) is 0 Å². The summed E-state index contributed by atoms with van der Waals surface area (Å²) in [6, 6.07) is 10.5. The molecule has 20 heavy (non-hydrogen) atoms. The molecule has 0 amide bonds. The molecule has 0 fully saturated rings. The zero-order valence-electron chi connectivity index (χ0n) is 13.3. The van der Waals surface area contributed by atoms with Crippen molar-refractivity contribution in [3.05, 3.63) is 35.9 Å². The monoisotopic (exact) mass is 299 g/mol. The number of benzene rings is 1. The highest BCUT2D eigenvalue weighted by molar-refractivity contribution is 7.59. The van der Waals surface area contributed by atoms with Crippen LogP contribution in [0.4, 0.5) is 0 Å². The molecule has 0 saturated heterocycles. The highest BCUT2D eigenvalue weighted by Gasteiger charge is 2.08. The van der Waals surface area contributed by atoms with Gasteiger partial charge in [-0.15, -0.1) is 0 Å². The Morgan fingerprint density at radius 1 is 1.10 bits per heavy atom. The molecule has 0 radical (unpaired) electrons. The first-order chi connectivity index (χ1) is 8.88. The van der Waals surface area contributed by atoms with E-state index in [-0.39, 0.29) is 19.9 Å². The first kappa shape index (κ1) is 21.3. The largest absolute Gasteiger partial charge is 0.481 e. The third-order valence-corrected chi connectivity index (χ3v) is 2.89. The molecule has 3 nitrogen and oxygen atoms in total. The fourth-order valence-electron chi connectivity index (χ4n) is 2.10. The van der Waals surface area contributed by atoms with Crippen LogP contribution in [-0.4, -0.2) is 34.6 Å². The number of nitrogens with zero attached hydrogens (tertiary/aromatic N) is 1. The second kappa shape index (κ2) is 11.8. The van der Waals surface area contributed by atoms with Crippen molar-refractivity contribution in [1.29, 1.82) is 0 Å². The molecule has 0 aliphatic rings. The number of hydrogen-bond donors (Lipinski definition) is 1. The van der Waals surface area contributed by atoms with Crippen molar-refractivity contribution in [3.63, 3.8) is 0 Å². The Morgan fingerprint density at radius 3 is 1.80 bits per heavy atom. The Bertz CT molecular complexity index is 345. The minimum atomic E-state index is -0.786. The Morgan fingerprint density at radius 2 is 1.55 bits per heavy atom. The third-order valence-electron chi connectivity index (χ3n) is 2.89.